The standard InChI is InChI=1S/C28H45N5O3S/c1-21(2)22-7-9-23(10-8-22)32-17-11-24(12-18-32)33-27(13-19-36-37(29,34)35)26(20-31-15-3-4-16-31)25-6-5-14-30-28(25)33/h5-6,14,21-24H,3-4,7-13,15-20H2,1-2H3,(H2,29,34,35). The van der Waals surface area contributed by atoms with E-state index in [2.05, 4.69) is 34.3 Å². The molecule has 1 saturated carbocycles. The van der Waals surface area contributed by atoms with Gasteiger partial charge in [-0.15, -0.1) is 0 Å². The van der Waals surface area contributed by atoms with Crippen molar-refractivity contribution in [1.29, 1.82) is 0 Å². The van der Waals surface area contributed by atoms with Crippen LogP contribution < -0.4 is 5.14 Å². The summed E-state index contributed by atoms with van der Waals surface area (Å²) < 4.78 is 30.5. The van der Waals surface area contributed by atoms with Crippen molar-refractivity contribution in [3.8, 4) is 0 Å². The first-order valence-electron chi connectivity index (χ1n) is 14.4. The van der Waals surface area contributed by atoms with Crippen LogP contribution in [0.5, 0.6) is 0 Å². The summed E-state index contributed by atoms with van der Waals surface area (Å²) in [6, 6.07) is 5.28. The maximum atomic E-state index is 11.5. The predicted octanol–water partition coefficient (Wildman–Crippen LogP) is 4.25. The van der Waals surface area contributed by atoms with Crippen LogP contribution >= 0.6 is 0 Å². The average Bonchev–Trinajstić information content (AvgIpc) is 3.50. The van der Waals surface area contributed by atoms with Crippen molar-refractivity contribution in [3.63, 3.8) is 0 Å². The summed E-state index contributed by atoms with van der Waals surface area (Å²) in [7, 11) is -3.97. The molecule has 2 aromatic rings. The number of hydrogen-bond acceptors (Lipinski definition) is 6. The number of hydrogen-bond donors (Lipinski definition) is 1. The van der Waals surface area contributed by atoms with Crippen molar-refractivity contribution in [2.75, 3.05) is 32.8 Å². The zero-order valence-corrected chi connectivity index (χ0v) is 23.5. The second-order valence-electron chi connectivity index (χ2n) is 11.8. The summed E-state index contributed by atoms with van der Waals surface area (Å²) in [6.07, 6.45) is 12.4. The number of nitrogens with zero attached hydrogens (tertiary/aromatic N) is 4. The van der Waals surface area contributed by atoms with E-state index in [0.29, 0.717) is 12.5 Å². The molecule has 0 amide bonds. The summed E-state index contributed by atoms with van der Waals surface area (Å²) in [5, 5.41) is 6.34. The van der Waals surface area contributed by atoms with E-state index in [9.17, 15) is 8.42 Å². The first-order chi connectivity index (χ1) is 17.8. The minimum atomic E-state index is -3.97. The first-order valence-corrected chi connectivity index (χ1v) is 15.9. The molecule has 0 spiro atoms. The molecule has 0 unspecified atom stereocenters. The van der Waals surface area contributed by atoms with Crippen LogP contribution in [0.4, 0.5) is 0 Å². The van der Waals surface area contributed by atoms with E-state index in [-0.39, 0.29) is 6.61 Å². The topological polar surface area (TPSA) is 93.7 Å². The van der Waals surface area contributed by atoms with E-state index >= 15 is 0 Å². The van der Waals surface area contributed by atoms with Crippen molar-refractivity contribution in [2.24, 2.45) is 17.0 Å². The number of likely N-dealkylation sites (tertiary alicyclic amines) is 2. The van der Waals surface area contributed by atoms with Crippen LogP contribution in [-0.2, 0) is 27.5 Å². The summed E-state index contributed by atoms with van der Waals surface area (Å²) in [5.41, 5.74) is 3.47. The normalized spacial score (nSPS) is 25.0. The highest BCUT2D eigenvalue weighted by atomic mass is 32.2. The fourth-order valence-electron chi connectivity index (χ4n) is 7.16. The lowest BCUT2D eigenvalue weighted by Gasteiger charge is -2.42. The van der Waals surface area contributed by atoms with Crippen molar-refractivity contribution < 1.29 is 12.6 Å². The molecule has 4 heterocycles. The van der Waals surface area contributed by atoms with Gasteiger partial charge in [-0.2, -0.15) is 8.42 Å². The Morgan fingerprint density at radius 1 is 1.03 bits per heavy atom. The van der Waals surface area contributed by atoms with Gasteiger partial charge < -0.3 is 9.47 Å². The number of piperidine rings is 1. The molecule has 0 radical (unpaired) electrons. The molecular formula is C28H45N5O3S. The molecule has 8 nitrogen and oxygen atoms in total. The number of rotatable bonds is 9. The van der Waals surface area contributed by atoms with Crippen LogP contribution in [0, 0.1) is 11.8 Å². The van der Waals surface area contributed by atoms with Gasteiger partial charge in [-0.25, -0.2) is 10.1 Å². The molecule has 5 rings (SSSR count). The molecule has 2 aliphatic heterocycles. The van der Waals surface area contributed by atoms with Crippen LogP contribution in [0.25, 0.3) is 11.0 Å². The fraction of sp³-hybridized carbons (Fsp3) is 0.750. The van der Waals surface area contributed by atoms with Gasteiger partial charge in [0.2, 0.25) is 0 Å². The van der Waals surface area contributed by atoms with Gasteiger partial charge in [-0.05, 0) is 94.0 Å². The zero-order valence-electron chi connectivity index (χ0n) is 22.6. The largest absolute Gasteiger partial charge is 0.333 e. The van der Waals surface area contributed by atoms with E-state index in [0.717, 1.165) is 69.1 Å². The summed E-state index contributed by atoms with van der Waals surface area (Å²) in [6.45, 7) is 10.1. The third-order valence-corrected chi connectivity index (χ3v) is 9.71. The number of aromatic nitrogens is 2. The Labute approximate surface area is 222 Å². The molecular weight excluding hydrogens is 486 g/mol. The van der Waals surface area contributed by atoms with E-state index in [1.807, 2.05) is 12.3 Å². The van der Waals surface area contributed by atoms with Gasteiger partial charge in [0, 0.05) is 55.4 Å². The van der Waals surface area contributed by atoms with Crippen LogP contribution in [0.15, 0.2) is 18.3 Å². The van der Waals surface area contributed by atoms with Gasteiger partial charge in [0.25, 0.3) is 0 Å². The summed E-state index contributed by atoms with van der Waals surface area (Å²) in [4.78, 5) is 10.1. The molecule has 0 bridgehead atoms. The maximum absolute atomic E-state index is 11.5. The Morgan fingerprint density at radius 3 is 2.38 bits per heavy atom. The van der Waals surface area contributed by atoms with E-state index in [4.69, 9.17) is 14.3 Å². The third kappa shape index (κ3) is 6.38. The van der Waals surface area contributed by atoms with Gasteiger partial charge in [0.1, 0.15) is 5.65 Å². The molecule has 9 heteroatoms. The molecule has 0 atom stereocenters. The van der Waals surface area contributed by atoms with Crippen LogP contribution in [0.1, 0.15) is 82.5 Å². The SMILES string of the molecule is CC(C)C1CCC(N2CCC(n3c(CCOS(N)(=O)=O)c(CN4CCCC4)c4cccnc43)CC2)CC1. The third-order valence-electron chi connectivity index (χ3n) is 9.21. The second kappa shape index (κ2) is 11.7. The number of nitrogens with two attached hydrogens (primary N) is 1. The van der Waals surface area contributed by atoms with E-state index in [1.165, 1.54) is 55.2 Å². The summed E-state index contributed by atoms with van der Waals surface area (Å²) in [5.74, 6) is 1.69. The van der Waals surface area contributed by atoms with Crippen molar-refractivity contribution >= 4 is 21.3 Å². The Morgan fingerprint density at radius 2 is 1.73 bits per heavy atom. The van der Waals surface area contributed by atoms with Crippen molar-refractivity contribution in [3.05, 3.63) is 29.6 Å². The molecule has 1 aliphatic carbocycles. The Hall–Kier alpha value is -1.52. The first kappa shape index (κ1) is 27.1. The maximum Gasteiger partial charge on any atom is 0.333 e. The highest BCUT2D eigenvalue weighted by molar-refractivity contribution is 7.84. The Bertz CT molecular complexity index is 1140. The van der Waals surface area contributed by atoms with Crippen molar-refractivity contribution in [2.45, 2.75) is 90.3 Å². The van der Waals surface area contributed by atoms with Crippen LogP contribution in [0.3, 0.4) is 0 Å². The highest BCUT2D eigenvalue weighted by Gasteiger charge is 2.32. The Kier molecular flexibility index (Phi) is 8.56. The van der Waals surface area contributed by atoms with Crippen LogP contribution in [0.2, 0.25) is 0 Å². The molecule has 3 aliphatic rings. The summed E-state index contributed by atoms with van der Waals surface area (Å²) >= 11 is 0. The molecule has 3 fully saturated rings. The van der Waals surface area contributed by atoms with Gasteiger partial charge in [-0.3, -0.25) is 9.08 Å². The monoisotopic (exact) mass is 531 g/mol. The van der Waals surface area contributed by atoms with Crippen molar-refractivity contribution in [1.82, 2.24) is 19.4 Å². The van der Waals surface area contributed by atoms with Crippen LogP contribution in [-0.4, -0.2) is 66.6 Å². The molecule has 2 aromatic heterocycles. The van der Waals surface area contributed by atoms with E-state index < -0.39 is 10.3 Å². The molecule has 206 valence electrons. The smallest absolute Gasteiger partial charge is 0.326 e. The quantitative estimate of drug-likeness (QED) is 0.520. The molecule has 37 heavy (non-hydrogen) atoms. The number of fused-ring (bicyclic) bond motifs is 1. The fourth-order valence-corrected chi connectivity index (χ4v) is 7.47. The molecule has 2 N–H and O–H groups in total. The van der Waals surface area contributed by atoms with E-state index in [1.54, 1.807) is 0 Å². The highest BCUT2D eigenvalue weighted by Crippen LogP contribution is 2.37. The lowest BCUT2D eigenvalue weighted by molar-refractivity contribution is 0.0887. The minimum Gasteiger partial charge on any atom is -0.326 e. The second-order valence-corrected chi connectivity index (χ2v) is 13.0. The van der Waals surface area contributed by atoms with Gasteiger partial charge in [0.15, 0.2) is 0 Å². The lowest BCUT2D eigenvalue weighted by atomic mass is 9.79. The molecule has 0 aromatic carbocycles. The van der Waals surface area contributed by atoms with Gasteiger partial charge >= 0.3 is 10.3 Å². The Balaban J connectivity index is 1.37. The minimum absolute atomic E-state index is 0.0556. The molecule has 2 saturated heterocycles. The average molecular weight is 532 g/mol. The van der Waals surface area contributed by atoms with Gasteiger partial charge in [-0.1, -0.05) is 13.8 Å². The van der Waals surface area contributed by atoms with Gasteiger partial charge in [0.05, 0.1) is 6.61 Å². The lowest BCUT2D eigenvalue weighted by Crippen LogP contribution is -2.44. The zero-order chi connectivity index (χ0) is 26.0. The predicted molar refractivity (Wildman–Crippen MR) is 147 cm³/mol. The number of pyridine rings is 1.